The number of hydrogen-bond donors (Lipinski definition) is 2. The van der Waals surface area contributed by atoms with Crippen LogP contribution in [0.5, 0.6) is 5.75 Å². The number of aryl methyl sites for hydroxylation is 1. The Morgan fingerprint density at radius 1 is 1.45 bits per heavy atom. The van der Waals surface area contributed by atoms with Crippen LogP contribution in [0.3, 0.4) is 0 Å². The molecule has 22 heavy (non-hydrogen) atoms. The van der Waals surface area contributed by atoms with Crippen LogP contribution in [-0.2, 0) is 17.0 Å². The normalized spacial score (nSPS) is 10.5. The fourth-order valence-corrected chi connectivity index (χ4v) is 2.78. The lowest BCUT2D eigenvalue weighted by Crippen LogP contribution is -2.20. The molecule has 116 valence electrons. The Labute approximate surface area is 131 Å². The molecule has 2 N–H and O–H groups in total. The van der Waals surface area contributed by atoms with Crippen molar-refractivity contribution in [3.05, 3.63) is 51.4 Å². The van der Waals surface area contributed by atoms with Crippen molar-refractivity contribution in [3.8, 4) is 5.75 Å². The van der Waals surface area contributed by atoms with E-state index in [1.807, 2.05) is 24.3 Å². The molecule has 7 heteroatoms. The number of hydrogen-bond acceptors (Lipinski definition) is 5. The monoisotopic (exact) mass is 320 g/mol. The highest BCUT2D eigenvalue weighted by atomic mass is 32.2. The van der Waals surface area contributed by atoms with E-state index >= 15 is 0 Å². The predicted octanol–water partition coefficient (Wildman–Crippen LogP) is 2.01. The molecule has 0 aliphatic carbocycles. The predicted molar refractivity (Wildman–Crippen MR) is 83.5 cm³/mol. The van der Waals surface area contributed by atoms with Gasteiger partial charge in [-0.1, -0.05) is 23.9 Å². The first kappa shape index (κ1) is 16.1. The van der Waals surface area contributed by atoms with Crippen molar-refractivity contribution in [2.45, 2.75) is 24.3 Å². The fraction of sp³-hybridized carbons (Fsp3) is 0.267. The summed E-state index contributed by atoms with van der Waals surface area (Å²) in [5.74, 6) is 0.345. The van der Waals surface area contributed by atoms with Gasteiger partial charge >= 0.3 is 5.97 Å². The summed E-state index contributed by atoms with van der Waals surface area (Å²) in [5, 5.41) is 9.26. The highest BCUT2D eigenvalue weighted by Gasteiger charge is 2.12. The maximum absolute atomic E-state index is 11.9. The molecule has 1 aromatic carbocycles. The number of H-pyrrole nitrogens is 1. The van der Waals surface area contributed by atoms with Crippen LogP contribution in [0.4, 0.5) is 0 Å². The molecule has 1 heterocycles. The smallest absolute Gasteiger partial charge is 0.308 e. The number of ether oxygens (including phenoxy) is 1. The minimum Gasteiger partial charge on any atom is -0.497 e. The van der Waals surface area contributed by atoms with Crippen molar-refractivity contribution in [1.82, 2.24) is 9.97 Å². The van der Waals surface area contributed by atoms with Crippen molar-refractivity contribution in [2.75, 3.05) is 7.11 Å². The summed E-state index contributed by atoms with van der Waals surface area (Å²) in [5.41, 5.74) is 1.28. The zero-order valence-corrected chi connectivity index (χ0v) is 13.1. The SMILES string of the molecule is COc1cccc(CSc2nc(C)c(CC(=O)O)c(=O)[nH]2)c1. The number of rotatable bonds is 6. The van der Waals surface area contributed by atoms with E-state index in [1.165, 1.54) is 11.8 Å². The summed E-state index contributed by atoms with van der Waals surface area (Å²) in [7, 11) is 1.61. The van der Waals surface area contributed by atoms with E-state index in [1.54, 1.807) is 14.0 Å². The number of aliphatic carboxylic acids is 1. The van der Waals surface area contributed by atoms with E-state index in [9.17, 15) is 9.59 Å². The van der Waals surface area contributed by atoms with E-state index in [4.69, 9.17) is 9.84 Å². The Bertz CT molecular complexity index is 743. The number of aromatic amines is 1. The van der Waals surface area contributed by atoms with Gasteiger partial charge < -0.3 is 14.8 Å². The summed E-state index contributed by atoms with van der Waals surface area (Å²) in [6.07, 6.45) is -0.324. The van der Waals surface area contributed by atoms with Crippen LogP contribution in [0.2, 0.25) is 0 Å². The lowest BCUT2D eigenvalue weighted by atomic mass is 10.2. The minimum absolute atomic E-state index is 0.193. The van der Waals surface area contributed by atoms with Gasteiger partial charge in [-0.2, -0.15) is 0 Å². The quantitative estimate of drug-likeness (QED) is 0.625. The Morgan fingerprint density at radius 2 is 2.23 bits per heavy atom. The van der Waals surface area contributed by atoms with E-state index in [0.717, 1.165) is 11.3 Å². The average molecular weight is 320 g/mol. The highest BCUT2D eigenvalue weighted by Crippen LogP contribution is 2.21. The van der Waals surface area contributed by atoms with E-state index in [-0.39, 0.29) is 12.0 Å². The summed E-state index contributed by atoms with van der Waals surface area (Å²) >= 11 is 1.38. The molecule has 1 aromatic heterocycles. The number of carboxylic acid groups (broad SMARTS) is 1. The molecular weight excluding hydrogens is 304 g/mol. The number of methoxy groups -OCH3 is 1. The maximum atomic E-state index is 11.9. The second-order valence-electron chi connectivity index (χ2n) is 4.65. The van der Waals surface area contributed by atoms with Crippen LogP contribution in [0.25, 0.3) is 0 Å². The molecular formula is C15H16N2O4S. The van der Waals surface area contributed by atoms with Crippen LogP contribution in [0.15, 0.2) is 34.2 Å². The minimum atomic E-state index is -1.05. The number of carbonyl (C=O) groups is 1. The van der Waals surface area contributed by atoms with Crippen LogP contribution in [-0.4, -0.2) is 28.2 Å². The van der Waals surface area contributed by atoms with Gasteiger partial charge in [0.25, 0.3) is 5.56 Å². The Balaban J connectivity index is 2.13. The molecule has 6 nitrogen and oxygen atoms in total. The highest BCUT2D eigenvalue weighted by molar-refractivity contribution is 7.98. The second kappa shape index (κ2) is 7.13. The summed E-state index contributed by atoms with van der Waals surface area (Å²) < 4.78 is 5.16. The lowest BCUT2D eigenvalue weighted by Gasteiger charge is -2.06. The van der Waals surface area contributed by atoms with Gasteiger partial charge in [0.05, 0.1) is 13.5 Å². The number of thioether (sulfide) groups is 1. The number of nitrogens with one attached hydrogen (secondary N) is 1. The molecule has 0 radical (unpaired) electrons. The fourth-order valence-electron chi connectivity index (χ4n) is 1.93. The van der Waals surface area contributed by atoms with Crippen molar-refractivity contribution in [2.24, 2.45) is 0 Å². The molecule has 0 amide bonds. The van der Waals surface area contributed by atoms with Gasteiger partial charge in [0.2, 0.25) is 0 Å². The molecule has 0 aliphatic heterocycles. The first-order chi connectivity index (χ1) is 10.5. The topological polar surface area (TPSA) is 92.3 Å². The van der Waals surface area contributed by atoms with Gasteiger partial charge in [-0.3, -0.25) is 9.59 Å². The summed E-state index contributed by atoms with van der Waals surface area (Å²) in [6.45, 7) is 1.64. The molecule has 0 fully saturated rings. The standard InChI is InChI=1S/C15H16N2O4S/c1-9-12(7-13(18)19)14(20)17-15(16-9)22-8-10-4-3-5-11(6-10)21-2/h3-6H,7-8H2,1-2H3,(H,18,19)(H,16,17,20). The zero-order chi connectivity index (χ0) is 16.1. The average Bonchev–Trinajstić information content (AvgIpc) is 2.49. The van der Waals surface area contributed by atoms with Crippen LogP contribution >= 0.6 is 11.8 Å². The molecule has 2 aromatic rings. The Kier molecular flexibility index (Phi) is 5.21. The zero-order valence-electron chi connectivity index (χ0n) is 12.3. The molecule has 0 unspecified atom stereocenters. The molecule has 0 aliphatic rings. The third-order valence-electron chi connectivity index (χ3n) is 3.04. The van der Waals surface area contributed by atoms with Gasteiger partial charge in [0.15, 0.2) is 5.16 Å². The summed E-state index contributed by atoms with van der Waals surface area (Å²) in [4.78, 5) is 29.5. The number of aromatic nitrogens is 2. The number of benzene rings is 1. The second-order valence-corrected chi connectivity index (χ2v) is 5.61. The third kappa shape index (κ3) is 4.11. The van der Waals surface area contributed by atoms with Crippen molar-refractivity contribution < 1.29 is 14.6 Å². The maximum Gasteiger partial charge on any atom is 0.308 e. The van der Waals surface area contributed by atoms with Gasteiger partial charge in [-0.15, -0.1) is 0 Å². The largest absolute Gasteiger partial charge is 0.497 e. The Hall–Kier alpha value is -2.28. The van der Waals surface area contributed by atoms with Crippen molar-refractivity contribution in [1.29, 1.82) is 0 Å². The van der Waals surface area contributed by atoms with Crippen LogP contribution < -0.4 is 10.3 Å². The van der Waals surface area contributed by atoms with E-state index in [0.29, 0.717) is 16.6 Å². The van der Waals surface area contributed by atoms with Crippen molar-refractivity contribution >= 4 is 17.7 Å². The van der Waals surface area contributed by atoms with E-state index in [2.05, 4.69) is 9.97 Å². The first-order valence-electron chi connectivity index (χ1n) is 6.57. The van der Waals surface area contributed by atoms with Crippen LogP contribution in [0.1, 0.15) is 16.8 Å². The van der Waals surface area contributed by atoms with Gasteiger partial charge in [0, 0.05) is 17.0 Å². The summed E-state index contributed by atoms with van der Waals surface area (Å²) in [6, 6.07) is 7.63. The Morgan fingerprint density at radius 3 is 2.86 bits per heavy atom. The van der Waals surface area contributed by atoms with Gasteiger partial charge in [0.1, 0.15) is 5.75 Å². The molecule has 0 saturated carbocycles. The molecule has 0 atom stereocenters. The van der Waals surface area contributed by atoms with Gasteiger partial charge in [-0.05, 0) is 24.6 Å². The molecule has 2 rings (SSSR count). The number of nitrogens with zero attached hydrogens (tertiary/aromatic N) is 1. The third-order valence-corrected chi connectivity index (χ3v) is 3.98. The first-order valence-corrected chi connectivity index (χ1v) is 7.55. The van der Waals surface area contributed by atoms with Crippen LogP contribution in [0, 0.1) is 6.92 Å². The van der Waals surface area contributed by atoms with Crippen molar-refractivity contribution in [3.63, 3.8) is 0 Å². The molecule has 0 bridgehead atoms. The van der Waals surface area contributed by atoms with Gasteiger partial charge in [-0.25, -0.2) is 4.98 Å². The lowest BCUT2D eigenvalue weighted by molar-refractivity contribution is -0.136. The molecule has 0 spiro atoms. The molecule has 0 saturated heterocycles. The number of carboxylic acids is 1. The van der Waals surface area contributed by atoms with E-state index < -0.39 is 11.5 Å².